The van der Waals surface area contributed by atoms with E-state index in [1.54, 1.807) is 6.20 Å². The molecule has 0 aliphatic carbocycles. The van der Waals surface area contributed by atoms with Crippen molar-refractivity contribution in [3.05, 3.63) is 59.2 Å². The summed E-state index contributed by atoms with van der Waals surface area (Å²) in [4.78, 5) is 23.3. The molecule has 22 heavy (non-hydrogen) atoms. The Labute approximate surface area is 132 Å². The van der Waals surface area contributed by atoms with Gasteiger partial charge in [0.2, 0.25) is 0 Å². The summed E-state index contributed by atoms with van der Waals surface area (Å²) in [6.45, 7) is 10.4. The van der Waals surface area contributed by atoms with Gasteiger partial charge in [-0.15, -0.1) is 0 Å². The van der Waals surface area contributed by atoms with Crippen molar-refractivity contribution in [3.63, 3.8) is 0 Å². The minimum atomic E-state index is -0.287. The normalized spacial score (nSPS) is 11.3. The molecule has 0 N–H and O–H groups in total. The highest BCUT2D eigenvalue weighted by Crippen LogP contribution is 2.21. The summed E-state index contributed by atoms with van der Waals surface area (Å²) in [5.74, 6) is 0.647. The summed E-state index contributed by atoms with van der Waals surface area (Å²) in [5, 5.41) is 0. The Hall–Kier alpha value is -2.23. The first-order valence-electron chi connectivity index (χ1n) is 7.45. The fourth-order valence-corrected chi connectivity index (χ4v) is 2.32. The molecular formula is C18H23N3O. The molecule has 0 aliphatic heterocycles. The quantitative estimate of drug-likeness (QED) is 0.870. The third kappa shape index (κ3) is 3.70. The van der Waals surface area contributed by atoms with Gasteiger partial charge in [-0.3, -0.25) is 4.79 Å². The number of aromatic nitrogens is 2. The van der Waals surface area contributed by atoms with Crippen LogP contribution in [-0.2, 0) is 6.54 Å². The number of amides is 1. The van der Waals surface area contributed by atoms with Gasteiger partial charge in [0.15, 0.2) is 0 Å². The van der Waals surface area contributed by atoms with Gasteiger partial charge in [-0.05, 0) is 40.2 Å². The van der Waals surface area contributed by atoms with Crippen molar-refractivity contribution >= 4 is 5.91 Å². The van der Waals surface area contributed by atoms with Crippen LogP contribution in [0.15, 0.2) is 36.5 Å². The molecule has 4 heteroatoms. The van der Waals surface area contributed by atoms with E-state index in [1.807, 2.05) is 69.9 Å². The van der Waals surface area contributed by atoms with E-state index in [4.69, 9.17) is 0 Å². The first kappa shape index (κ1) is 16.1. The maximum absolute atomic E-state index is 13.0. The molecule has 1 aromatic carbocycles. The second-order valence-electron chi connectivity index (χ2n) is 6.46. The number of benzene rings is 1. The van der Waals surface area contributed by atoms with Crippen LogP contribution >= 0.6 is 0 Å². The number of carbonyl (C=O) groups is 1. The number of hydrogen-bond donors (Lipinski definition) is 0. The van der Waals surface area contributed by atoms with Crippen LogP contribution in [0.2, 0.25) is 0 Å². The average Bonchev–Trinajstić information content (AvgIpc) is 2.44. The van der Waals surface area contributed by atoms with Gasteiger partial charge in [-0.2, -0.15) is 0 Å². The number of carbonyl (C=O) groups excluding carboxylic acids is 1. The predicted octanol–water partition coefficient (Wildman–Crippen LogP) is 3.53. The molecule has 1 aromatic heterocycles. The fourth-order valence-electron chi connectivity index (χ4n) is 2.32. The van der Waals surface area contributed by atoms with Crippen LogP contribution in [0, 0.1) is 13.8 Å². The summed E-state index contributed by atoms with van der Waals surface area (Å²) >= 11 is 0. The molecule has 0 bridgehead atoms. The molecule has 0 radical (unpaired) electrons. The summed E-state index contributed by atoms with van der Waals surface area (Å²) in [6.07, 6.45) is 1.63. The lowest BCUT2D eigenvalue weighted by Crippen LogP contribution is -2.45. The Bertz CT molecular complexity index is 660. The van der Waals surface area contributed by atoms with Crippen molar-refractivity contribution in [1.29, 1.82) is 0 Å². The monoisotopic (exact) mass is 297 g/mol. The maximum Gasteiger partial charge on any atom is 0.258 e. The summed E-state index contributed by atoms with van der Waals surface area (Å²) in [6, 6.07) is 10.0. The number of rotatable bonds is 3. The number of nitrogens with zero attached hydrogens (tertiary/aromatic N) is 3. The van der Waals surface area contributed by atoms with Crippen LogP contribution in [0.25, 0.3) is 0 Å². The first-order valence-corrected chi connectivity index (χ1v) is 7.45. The summed E-state index contributed by atoms with van der Waals surface area (Å²) in [7, 11) is 0. The van der Waals surface area contributed by atoms with Gasteiger partial charge in [0, 0.05) is 18.3 Å². The van der Waals surface area contributed by atoms with Gasteiger partial charge < -0.3 is 4.90 Å². The standard InChI is InChI=1S/C18H23N3O/c1-13-16(11-19-14(2)20-13)17(22)21(18(3,4)5)12-15-9-7-6-8-10-15/h6-11H,12H2,1-5H3. The Morgan fingerprint density at radius 3 is 2.32 bits per heavy atom. The zero-order valence-electron chi connectivity index (χ0n) is 13.9. The largest absolute Gasteiger partial charge is 0.329 e. The molecule has 2 rings (SSSR count). The fraction of sp³-hybridized carbons (Fsp3) is 0.389. The van der Waals surface area contributed by atoms with Crippen LogP contribution < -0.4 is 0 Å². The van der Waals surface area contributed by atoms with Crippen molar-refractivity contribution in [1.82, 2.24) is 14.9 Å². The van der Waals surface area contributed by atoms with Crippen LogP contribution in [0.4, 0.5) is 0 Å². The van der Waals surface area contributed by atoms with E-state index >= 15 is 0 Å². The van der Waals surface area contributed by atoms with Gasteiger partial charge in [-0.1, -0.05) is 30.3 Å². The molecule has 0 fully saturated rings. The molecular weight excluding hydrogens is 274 g/mol. The number of aryl methyl sites for hydroxylation is 2. The predicted molar refractivity (Wildman–Crippen MR) is 87.6 cm³/mol. The summed E-state index contributed by atoms with van der Waals surface area (Å²) in [5.41, 5.74) is 2.11. The molecule has 116 valence electrons. The van der Waals surface area contributed by atoms with E-state index in [9.17, 15) is 4.79 Å². The van der Waals surface area contributed by atoms with Crippen molar-refractivity contribution in [2.75, 3.05) is 0 Å². The van der Waals surface area contributed by atoms with Crippen LogP contribution in [0.3, 0.4) is 0 Å². The van der Waals surface area contributed by atoms with E-state index in [0.29, 0.717) is 17.9 Å². The third-order valence-electron chi connectivity index (χ3n) is 3.57. The van der Waals surface area contributed by atoms with Crippen molar-refractivity contribution in [2.24, 2.45) is 0 Å². The first-order chi connectivity index (χ1) is 10.3. The lowest BCUT2D eigenvalue weighted by molar-refractivity contribution is 0.0557. The third-order valence-corrected chi connectivity index (χ3v) is 3.57. The molecule has 0 saturated heterocycles. The second kappa shape index (κ2) is 6.26. The van der Waals surface area contributed by atoms with E-state index < -0.39 is 0 Å². The van der Waals surface area contributed by atoms with Crippen LogP contribution in [-0.4, -0.2) is 26.3 Å². The minimum absolute atomic E-state index is 0.0335. The van der Waals surface area contributed by atoms with E-state index in [-0.39, 0.29) is 11.4 Å². The van der Waals surface area contributed by atoms with Crippen molar-refractivity contribution in [3.8, 4) is 0 Å². The maximum atomic E-state index is 13.0. The lowest BCUT2D eigenvalue weighted by atomic mass is 10.0. The van der Waals surface area contributed by atoms with E-state index in [2.05, 4.69) is 9.97 Å². The smallest absolute Gasteiger partial charge is 0.258 e. The number of hydrogen-bond acceptors (Lipinski definition) is 3. The summed E-state index contributed by atoms with van der Waals surface area (Å²) < 4.78 is 0. The van der Waals surface area contributed by atoms with Crippen LogP contribution in [0.1, 0.15) is 48.2 Å². The SMILES string of the molecule is Cc1ncc(C(=O)N(Cc2ccccc2)C(C)(C)C)c(C)n1. The average molecular weight is 297 g/mol. The highest BCUT2D eigenvalue weighted by molar-refractivity contribution is 5.95. The van der Waals surface area contributed by atoms with Gasteiger partial charge in [0.25, 0.3) is 5.91 Å². The van der Waals surface area contributed by atoms with E-state index in [1.165, 1.54) is 0 Å². The molecule has 4 nitrogen and oxygen atoms in total. The Balaban J connectivity index is 2.35. The molecule has 0 aliphatic rings. The molecule has 0 spiro atoms. The van der Waals surface area contributed by atoms with Gasteiger partial charge in [-0.25, -0.2) is 9.97 Å². The second-order valence-corrected chi connectivity index (χ2v) is 6.46. The van der Waals surface area contributed by atoms with Crippen molar-refractivity contribution in [2.45, 2.75) is 46.7 Å². The van der Waals surface area contributed by atoms with Gasteiger partial charge in [0.1, 0.15) is 5.82 Å². The molecule has 0 atom stereocenters. The Morgan fingerprint density at radius 1 is 1.14 bits per heavy atom. The molecule has 2 aromatic rings. The van der Waals surface area contributed by atoms with Crippen molar-refractivity contribution < 1.29 is 4.79 Å². The van der Waals surface area contributed by atoms with E-state index in [0.717, 1.165) is 11.3 Å². The Morgan fingerprint density at radius 2 is 1.77 bits per heavy atom. The molecule has 0 saturated carbocycles. The van der Waals surface area contributed by atoms with Gasteiger partial charge in [0.05, 0.1) is 11.3 Å². The van der Waals surface area contributed by atoms with Crippen LogP contribution in [0.5, 0.6) is 0 Å². The highest BCUT2D eigenvalue weighted by atomic mass is 16.2. The lowest BCUT2D eigenvalue weighted by Gasteiger charge is -2.36. The zero-order chi connectivity index (χ0) is 16.3. The topological polar surface area (TPSA) is 46.1 Å². The highest BCUT2D eigenvalue weighted by Gasteiger charge is 2.28. The van der Waals surface area contributed by atoms with Gasteiger partial charge >= 0.3 is 0 Å². The zero-order valence-corrected chi connectivity index (χ0v) is 13.9. The molecule has 0 unspecified atom stereocenters. The molecule has 1 amide bonds. The Kier molecular flexibility index (Phi) is 4.59. The molecule has 1 heterocycles. The minimum Gasteiger partial charge on any atom is -0.329 e.